The first-order valence-corrected chi connectivity index (χ1v) is 6.75. The molecule has 2 saturated carbocycles. The van der Waals surface area contributed by atoms with Crippen LogP contribution in [0.4, 0.5) is 0 Å². The normalized spacial score (nSPS) is 47.0. The standard InChI is InChI=1S/C13H23NO/c15-13-6-2-5-12(7-13)14-8-10-3-1-4-11(10)9-14/h10-13,15H,1-9H2. The number of nitrogens with zero attached hydrogens (tertiary/aromatic N) is 1. The second-order valence-electron chi connectivity index (χ2n) is 5.88. The highest BCUT2D eigenvalue weighted by Crippen LogP contribution is 2.40. The number of likely N-dealkylation sites (tertiary alicyclic amines) is 1. The Kier molecular flexibility index (Phi) is 2.73. The van der Waals surface area contributed by atoms with Gasteiger partial charge in [0.25, 0.3) is 0 Å². The van der Waals surface area contributed by atoms with Crippen LogP contribution in [0.1, 0.15) is 44.9 Å². The third-order valence-electron chi connectivity index (χ3n) is 4.89. The number of hydrogen-bond donors (Lipinski definition) is 1. The fourth-order valence-electron chi connectivity index (χ4n) is 4.04. The van der Waals surface area contributed by atoms with Gasteiger partial charge in [0.2, 0.25) is 0 Å². The van der Waals surface area contributed by atoms with Crippen molar-refractivity contribution in [2.75, 3.05) is 13.1 Å². The number of aliphatic hydroxyl groups is 1. The second kappa shape index (κ2) is 4.06. The summed E-state index contributed by atoms with van der Waals surface area (Å²) in [6, 6.07) is 0.708. The van der Waals surface area contributed by atoms with Crippen molar-refractivity contribution in [1.29, 1.82) is 0 Å². The lowest BCUT2D eigenvalue weighted by molar-refractivity contribution is 0.0688. The van der Waals surface area contributed by atoms with Gasteiger partial charge in [-0.15, -0.1) is 0 Å². The Hall–Kier alpha value is -0.0800. The fraction of sp³-hybridized carbons (Fsp3) is 1.00. The maximum Gasteiger partial charge on any atom is 0.0555 e. The average molecular weight is 209 g/mol. The average Bonchev–Trinajstić information content (AvgIpc) is 2.76. The fourth-order valence-corrected chi connectivity index (χ4v) is 4.04. The zero-order chi connectivity index (χ0) is 10.3. The molecule has 15 heavy (non-hydrogen) atoms. The highest BCUT2D eigenvalue weighted by molar-refractivity contribution is 4.92. The summed E-state index contributed by atoms with van der Waals surface area (Å²) in [5, 5.41) is 9.72. The molecule has 3 aliphatic rings. The van der Waals surface area contributed by atoms with Crippen molar-refractivity contribution < 1.29 is 5.11 Å². The molecule has 86 valence electrons. The van der Waals surface area contributed by atoms with Crippen molar-refractivity contribution in [3.63, 3.8) is 0 Å². The third kappa shape index (κ3) is 1.94. The highest BCUT2D eigenvalue weighted by Gasteiger charge is 2.39. The van der Waals surface area contributed by atoms with Gasteiger partial charge in [0, 0.05) is 19.1 Å². The summed E-state index contributed by atoms with van der Waals surface area (Å²) < 4.78 is 0. The van der Waals surface area contributed by atoms with E-state index in [0.29, 0.717) is 6.04 Å². The van der Waals surface area contributed by atoms with Crippen molar-refractivity contribution in [3.05, 3.63) is 0 Å². The summed E-state index contributed by atoms with van der Waals surface area (Å²) in [7, 11) is 0. The van der Waals surface area contributed by atoms with Crippen LogP contribution in [0.15, 0.2) is 0 Å². The highest BCUT2D eigenvalue weighted by atomic mass is 16.3. The van der Waals surface area contributed by atoms with Crippen LogP contribution in [0.3, 0.4) is 0 Å². The number of aliphatic hydroxyl groups excluding tert-OH is 1. The van der Waals surface area contributed by atoms with Gasteiger partial charge in [-0.2, -0.15) is 0 Å². The maximum atomic E-state index is 9.72. The lowest BCUT2D eigenvalue weighted by Crippen LogP contribution is -2.39. The molecule has 0 aromatic carbocycles. The van der Waals surface area contributed by atoms with E-state index in [1.807, 2.05) is 0 Å². The molecule has 1 saturated heterocycles. The van der Waals surface area contributed by atoms with E-state index in [0.717, 1.165) is 24.7 Å². The molecule has 2 heteroatoms. The zero-order valence-electron chi connectivity index (χ0n) is 9.57. The Morgan fingerprint density at radius 1 is 0.867 bits per heavy atom. The molecule has 2 aliphatic carbocycles. The van der Waals surface area contributed by atoms with Crippen molar-refractivity contribution in [3.8, 4) is 0 Å². The van der Waals surface area contributed by atoms with E-state index in [4.69, 9.17) is 0 Å². The second-order valence-corrected chi connectivity index (χ2v) is 5.88. The number of hydrogen-bond acceptors (Lipinski definition) is 2. The van der Waals surface area contributed by atoms with Gasteiger partial charge in [-0.1, -0.05) is 6.42 Å². The van der Waals surface area contributed by atoms with E-state index in [1.54, 1.807) is 0 Å². The first-order chi connectivity index (χ1) is 7.33. The molecule has 1 aliphatic heterocycles. The molecule has 3 rings (SSSR count). The molecule has 0 amide bonds. The first-order valence-electron chi connectivity index (χ1n) is 6.75. The zero-order valence-corrected chi connectivity index (χ0v) is 9.57. The largest absolute Gasteiger partial charge is 0.393 e. The molecule has 0 aromatic rings. The van der Waals surface area contributed by atoms with Gasteiger partial charge >= 0.3 is 0 Å². The summed E-state index contributed by atoms with van der Waals surface area (Å²) in [5.74, 6) is 2.01. The van der Waals surface area contributed by atoms with Gasteiger partial charge in [0.05, 0.1) is 6.10 Å². The molecule has 1 N–H and O–H groups in total. The van der Waals surface area contributed by atoms with E-state index >= 15 is 0 Å². The SMILES string of the molecule is OC1CCCC(N2CC3CCCC3C2)C1. The van der Waals surface area contributed by atoms with Crippen LogP contribution < -0.4 is 0 Å². The predicted molar refractivity (Wildman–Crippen MR) is 60.7 cm³/mol. The number of fused-ring (bicyclic) bond motifs is 1. The summed E-state index contributed by atoms with van der Waals surface area (Å²) in [6.45, 7) is 2.67. The van der Waals surface area contributed by atoms with Gasteiger partial charge in [-0.25, -0.2) is 0 Å². The van der Waals surface area contributed by atoms with Crippen LogP contribution in [-0.4, -0.2) is 35.2 Å². The Morgan fingerprint density at radius 3 is 2.20 bits per heavy atom. The Morgan fingerprint density at radius 2 is 1.53 bits per heavy atom. The molecule has 1 heterocycles. The molecule has 0 aromatic heterocycles. The lowest BCUT2D eigenvalue weighted by Gasteiger charge is -2.33. The quantitative estimate of drug-likeness (QED) is 0.714. The minimum atomic E-state index is -0.0100. The molecular weight excluding hydrogens is 186 g/mol. The lowest BCUT2D eigenvalue weighted by atomic mass is 9.92. The Balaban J connectivity index is 1.59. The molecule has 0 spiro atoms. The predicted octanol–water partition coefficient (Wildman–Crippen LogP) is 2.02. The van der Waals surface area contributed by atoms with E-state index in [1.165, 1.54) is 45.2 Å². The van der Waals surface area contributed by atoms with E-state index < -0.39 is 0 Å². The van der Waals surface area contributed by atoms with Crippen molar-refractivity contribution >= 4 is 0 Å². The van der Waals surface area contributed by atoms with Crippen molar-refractivity contribution in [1.82, 2.24) is 4.90 Å². The molecule has 0 radical (unpaired) electrons. The smallest absolute Gasteiger partial charge is 0.0555 e. The van der Waals surface area contributed by atoms with Crippen LogP contribution in [0, 0.1) is 11.8 Å². The summed E-state index contributed by atoms with van der Waals surface area (Å²) >= 11 is 0. The van der Waals surface area contributed by atoms with Crippen LogP contribution in [0.5, 0.6) is 0 Å². The minimum absolute atomic E-state index is 0.0100. The summed E-state index contributed by atoms with van der Waals surface area (Å²) in [4.78, 5) is 2.69. The molecule has 0 bridgehead atoms. The number of rotatable bonds is 1. The summed E-state index contributed by atoms with van der Waals surface area (Å²) in [6.07, 6.45) is 9.04. The van der Waals surface area contributed by atoms with E-state index in [-0.39, 0.29) is 6.10 Å². The third-order valence-corrected chi connectivity index (χ3v) is 4.89. The summed E-state index contributed by atoms with van der Waals surface area (Å²) in [5.41, 5.74) is 0. The molecule has 4 atom stereocenters. The van der Waals surface area contributed by atoms with Crippen LogP contribution >= 0.6 is 0 Å². The van der Waals surface area contributed by atoms with Crippen LogP contribution in [0.2, 0.25) is 0 Å². The monoisotopic (exact) mass is 209 g/mol. The van der Waals surface area contributed by atoms with Gasteiger partial charge in [-0.3, -0.25) is 4.90 Å². The molecule has 4 unspecified atom stereocenters. The van der Waals surface area contributed by atoms with Crippen molar-refractivity contribution in [2.24, 2.45) is 11.8 Å². The molecule has 3 fully saturated rings. The Labute approximate surface area is 92.7 Å². The van der Waals surface area contributed by atoms with Gasteiger partial charge in [0.1, 0.15) is 0 Å². The molecule has 2 nitrogen and oxygen atoms in total. The van der Waals surface area contributed by atoms with Gasteiger partial charge in [-0.05, 0) is 50.4 Å². The van der Waals surface area contributed by atoms with Gasteiger partial charge in [0.15, 0.2) is 0 Å². The van der Waals surface area contributed by atoms with E-state index in [2.05, 4.69) is 4.90 Å². The van der Waals surface area contributed by atoms with Crippen LogP contribution in [0.25, 0.3) is 0 Å². The first kappa shape index (κ1) is 10.1. The minimum Gasteiger partial charge on any atom is -0.393 e. The maximum absolute atomic E-state index is 9.72. The Bertz CT molecular complexity index is 219. The topological polar surface area (TPSA) is 23.5 Å². The van der Waals surface area contributed by atoms with E-state index in [9.17, 15) is 5.11 Å². The van der Waals surface area contributed by atoms with Crippen molar-refractivity contribution in [2.45, 2.75) is 57.1 Å². The molecular formula is C13H23NO. The van der Waals surface area contributed by atoms with Gasteiger partial charge < -0.3 is 5.11 Å². The van der Waals surface area contributed by atoms with Crippen LogP contribution in [-0.2, 0) is 0 Å².